The predicted octanol–water partition coefficient (Wildman–Crippen LogP) is 8.37. The SMILES string of the molecule is CC.CC(C)(C)OC(C(=O)O)c1ccc(-c2cccc(-c3cccnc3)c2)cc1-c1ccc2c(c1)CCCO2. The molecule has 5 nitrogen and oxygen atoms in total. The van der Waals surface area contributed by atoms with Gasteiger partial charge in [-0.2, -0.15) is 0 Å². The van der Waals surface area contributed by atoms with Crippen LogP contribution >= 0.6 is 0 Å². The number of carboxylic acids is 1. The van der Waals surface area contributed by atoms with Gasteiger partial charge in [-0.15, -0.1) is 0 Å². The number of nitrogens with zero attached hydrogens (tertiary/aromatic N) is 1. The number of carboxylic acid groups (broad SMARTS) is 1. The minimum Gasteiger partial charge on any atom is -0.493 e. The van der Waals surface area contributed by atoms with E-state index in [0.717, 1.165) is 64.1 Å². The van der Waals surface area contributed by atoms with Crippen LogP contribution in [0.4, 0.5) is 0 Å². The van der Waals surface area contributed by atoms with E-state index in [0.29, 0.717) is 5.56 Å². The Balaban J connectivity index is 0.00000172. The van der Waals surface area contributed by atoms with E-state index in [4.69, 9.17) is 9.47 Å². The molecule has 1 N–H and O–H groups in total. The van der Waals surface area contributed by atoms with Crippen LogP contribution < -0.4 is 4.74 Å². The van der Waals surface area contributed by atoms with E-state index in [1.165, 1.54) is 0 Å². The van der Waals surface area contributed by atoms with Gasteiger partial charge in [-0.25, -0.2) is 4.79 Å². The summed E-state index contributed by atoms with van der Waals surface area (Å²) >= 11 is 0. The van der Waals surface area contributed by atoms with Crippen molar-refractivity contribution in [1.82, 2.24) is 4.98 Å². The van der Waals surface area contributed by atoms with Crippen molar-refractivity contribution in [3.63, 3.8) is 0 Å². The molecule has 39 heavy (non-hydrogen) atoms. The Bertz CT molecular complexity index is 1420. The molecule has 0 spiro atoms. The summed E-state index contributed by atoms with van der Waals surface area (Å²) < 4.78 is 11.9. The second-order valence-corrected chi connectivity index (χ2v) is 10.3. The lowest BCUT2D eigenvalue weighted by Gasteiger charge is -2.27. The number of hydrogen-bond donors (Lipinski definition) is 1. The van der Waals surface area contributed by atoms with Crippen LogP contribution in [0.1, 0.15) is 58.3 Å². The second kappa shape index (κ2) is 12.3. The Hall–Kier alpha value is -3.96. The molecule has 0 fully saturated rings. The summed E-state index contributed by atoms with van der Waals surface area (Å²) in [5.74, 6) is -0.110. The van der Waals surface area contributed by atoms with Crippen LogP contribution in [0.3, 0.4) is 0 Å². The van der Waals surface area contributed by atoms with Crippen molar-refractivity contribution in [2.24, 2.45) is 0 Å². The van der Waals surface area contributed by atoms with Crippen molar-refractivity contribution in [2.45, 2.75) is 59.2 Å². The first-order valence-electron chi connectivity index (χ1n) is 13.6. The molecule has 1 aliphatic rings. The van der Waals surface area contributed by atoms with Gasteiger partial charge in [0.15, 0.2) is 6.10 Å². The highest BCUT2D eigenvalue weighted by atomic mass is 16.5. The topological polar surface area (TPSA) is 68.7 Å². The van der Waals surface area contributed by atoms with Gasteiger partial charge >= 0.3 is 5.97 Å². The molecule has 4 aromatic rings. The number of carbonyl (C=O) groups is 1. The van der Waals surface area contributed by atoms with E-state index < -0.39 is 17.7 Å². The summed E-state index contributed by atoms with van der Waals surface area (Å²) in [4.78, 5) is 16.6. The molecule has 1 atom stereocenters. The zero-order valence-electron chi connectivity index (χ0n) is 23.4. The third-order valence-corrected chi connectivity index (χ3v) is 6.44. The van der Waals surface area contributed by atoms with Gasteiger partial charge in [-0.3, -0.25) is 4.98 Å². The summed E-state index contributed by atoms with van der Waals surface area (Å²) in [5.41, 5.74) is 7.09. The Morgan fingerprint density at radius 1 is 0.897 bits per heavy atom. The number of rotatable bonds is 6. The summed E-state index contributed by atoms with van der Waals surface area (Å²) in [7, 11) is 0. The van der Waals surface area contributed by atoms with Crippen molar-refractivity contribution in [3.05, 3.63) is 96.3 Å². The maximum Gasteiger partial charge on any atom is 0.337 e. The summed E-state index contributed by atoms with van der Waals surface area (Å²) in [6, 6.07) is 24.3. The highest BCUT2D eigenvalue weighted by Crippen LogP contribution is 2.39. The molecule has 0 saturated heterocycles. The molecule has 0 aliphatic carbocycles. The fourth-order valence-corrected chi connectivity index (χ4v) is 4.75. The number of aryl methyl sites for hydroxylation is 1. The number of aliphatic carboxylic acids is 1. The number of hydrogen-bond acceptors (Lipinski definition) is 4. The van der Waals surface area contributed by atoms with E-state index in [1.54, 1.807) is 6.20 Å². The molecule has 1 unspecified atom stereocenters. The molecule has 2 heterocycles. The average molecular weight is 524 g/mol. The Morgan fingerprint density at radius 3 is 2.28 bits per heavy atom. The number of benzene rings is 3. The number of ether oxygens (including phenoxy) is 2. The lowest BCUT2D eigenvalue weighted by Crippen LogP contribution is -2.27. The summed E-state index contributed by atoms with van der Waals surface area (Å²) in [6.07, 6.45) is 4.42. The zero-order valence-corrected chi connectivity index (χ0v) is 23.4. The van der Waals surface area contributed by atoms with Crippen LogP contribution in [-0.4, -0.2) is 28.3 Å². The Labute approximate surface area is 231 Å². The van der Waals surface area contributed by atoms with Crippen molar-refractivity contribution in [3.8, 4) is 39.1 Å². The quantitative estimate of drug-likeness (QED) is 0.275. The van der Waals surface area contributed by atoms with E-state index in [1.807, 2.05) is 83.3 Å². The van der Waals surface area contributed by atoms with Gasteiger partial charge in [0.2, 0.25) is 0 Å². The van der Waals surface area contributed by atoms with Crippen LogP contribution in [0, 0.1) is 0 Å². The van der Waals surface area contributed by atoms with E-state index in [9.17, 15) is 9.90 Å². The summed E-state index contributed by atoms with van der Waals surface area (Å²) in [6.45, 7) is 10.3. The smallest absolute Gasteiger partial charge is 0.337 e. The molecule has 0 saturated carbocycles. The molecule has 1 aliphatic heterocycles. The van der Waals surface area contributed by atoms with Crippen LogP contribution in [-0.2, 0) is 16.0 Å². The summed E-state index contributed by atoms with van der Waals surface area (Å²) in [5, 5.41) is 10.2. The molecule has 1 aromatic heterocycles. The van der Waals surface area contributed by atoms with Gasteiger partial charge in [0, 0.05) is 18.0 Å². The normalized spacial score (nSPS) is 13.4. The third kappa shape index (κ3) is 6.73. The highest BCUT2D eigenvalue weighted by molar-refractivity contribution is 5.84. The third-order valence-electron chi connectivity index (χ3n) is 6.44. The fraction of sp³-hybridized carbons (Fsp3) is 0.294. The second-order valence-electron chi connectivity index (χ2n) is 10.3. The first kappa shape index (κ1) is 28.1. The molecular weight excluding hydrogens is 486 g/mol. The lowest BCUT2D eigenvalue weighted by atomic mass is 9.89. The van der Waals surface area contributed by atoms with Crippen LogP contribution in [0.2, 0.25) is 0 Å². The number of aromatic nitrogens is 1. The lowest BCUT2D eigenvalue weighted by molar-refractivity contribution is -0.160. The maximum absolute atomic E-state index is 12.4. The van der Waals surface area contributed by atoms with E-state index in [-0.39, 0.29) is 0 Å². The molecule has 0 bridgehead atoms. The standard InChI is InChI=1S/C32H31NO4.C2H6/c1-32(2,3)37-30(31(34)35)27-13-11-23(21-7-4-8-22(17-21)26-9-5-15-33-20-26)19-28(27)24-12-14-29-25(18-24)10-6-16-36-29;1-2/h4-5,7-9,11-15,17-20,30H,6,10,16H2,1-3H3,(H,34,35);1-2H3. The van der Waals surface area contributed by atoms with Crippen molar-refractivity contribution < 1.29 is 19.4 Å². The van der Waals surface area contributed by atoms with Crippen LogP contribution in [0.15, 0.2) is 85.2 Å². The predicted molar refractivity (Wildman–Crippen MR) is 157 cm³/mol. The average Bonchev–Trinajstić information content (AvgIpc) is 2.96. The fourth-order valence-electron chi connectivity index (χ4n) is 4.75. The first-order chi connectivity index (χ1) is 18.8. The first-order valence-corrected chi connectivity index (χ1v) is 13.6. The van der Waals surface area contributed by atoms with Gasteiger partial charge in [0.1, 0.15) is 5.75 Å². The van der Waals surface area contributed by atoms with Gasteiger partial charge < -0.3 is 14.6 Å². The van der Waals surface area contributed by atoms with Crippen molar-refractivity contribution in [2.75, 3.05) is 6.61 Å². The monoisotopic (exact) mass is 523 g/mol. The number of fused-ring (bicyclic) bond motifs is 1. The minimum absolute atomic E-state index is 0.624. The Morgan fingerprint density at radius 2 is 1.59 bits per heavy atom. The van der Waals surface area contributed by atoms with E-state index in [2.05, 4.69) is 35.3 Å². The van der Waals surface area contributed by atoms with Crippen molar-refractivity contribution in [1.29, 1.82) is 0 Å². The Kier molecular flexibility index (Phi) is 8.82. The van der Waals surface area contributed by atoms with E-state index >= 15 is 0 Å². The molecule has 0 radical (unpaired) electrons. The zero-order chi connectivity index (χ0) is 28.0. The molecule has 5 rings (SSSR count). The minimum atomic E-state index is -1.10. The van der Waals surface area contributed by atoms with Crippen molar-refractivity contribution >= 4 is 5.97 Å². The van der Waals surface area contributed by atoms with Gasteiger partial charge in [-0.1, -0.05) is 56.3 Å². The largest absolute Gasteiger partial charge is 0.493 e. The molecule has 0 amide bonds. The van der Waals surface area contributed by atoms with Gasteiger partial charge in [0.25, 0.3) is 0 Å². The van der Waals surface area contributed by atoms with Gasteiger partial charge in [0.05, 0.1) is 12.2 Å². The van der Waals surface area contributed by atoms with Crippen LogP contribution in [0.5, 0.6) is 5.75 Å². The maximum atomic E-state index is 12.4. The molecule has 202 valence electrons. The van der Waals surface area contributed by atoms with Gasteiger partial charge in [-0.05, 0) is 103 Å². The molecular formula is C34H37NO4. The molecule has 3 aromatic carbocycles. The van der Waals surface area contributed by atoms with Crippen LogP contribution in [0.25, 0.3) is 33.4 Å². The highest BCUT2D eigenvalue weighted by Gasteiger charge is 2.29. The molecule has 5 heteroatoms. The number of pyridine rings is 1.